The number of hydrogen-bond acceptors (Lipinski definition) is 5. The predicted molar refractivity (Wildman–Crippen MR) is 74.4 cm³/mol. The standard InChI is InChI=1S/C14H15NO3S/c1-3-18-12-7-5-4-6-10(12)11-9-19-13(15-11)8-14(16)17-2/h4-7,9H,3,8H2,1-2H3. The van der Waals surface area contributed by atoms with Crippen LogP contribution in [-0.4, -0.2) is 24.7 Å². The first-order valence-electron chi connectivity index (χ1n) is 5.98. The van der Waals surface area contributed by atoms with Crippen molar-refractivity contribution in [2.45, 2.75) is 13.3 Å². The molecular formula is C14H15NO3S. The van der Waals surface area contributed by atoms with E-state index in [-0.39, 0.29) is 12.4 Å². The van der Waals surface area contributed by atoms with E-state index in [2.05, 4.69) is 9.72 Å². The van der Waals surface area contributed by atoms with E-state index < -0.39 is 0 Å². The first kappa shape index (κ1) is 13.5. The summed E-state index contributed by atoms with van der Waals surface area (Å²) in [5.74, 6) is 0.527. The zero-order valence-corrected chi connectivity index (χ0v) is 11.7. The van der Waals surface area contributed by atoms with Crippen molar-refractivity contribution in [1.29, 1.82) is 0 Å². The second-order valence-corrected chi connectivity index (χ2v) is 4.75. The number of rotatable bonds is 5. The molecule has 0 fully saturated rings. The molecule has 0 bridgehead atoms. The molecule has 0 saturated heterocycles. The van der Waals surface area contributed by atoms with E-state index in [1.165, 1.54) is 18.4 Å². The summed E-state index contributed by atoms with van der Waals surface area (Å²) in [7, 11) is 1.38. The lowest BCUT2D eigenvalue weighted by atomic mass is 10.1. The number of hydrogen-bond donors (Lipinski definition) is 0. The monoisotopic (exact) mass is 277 g/mol. The number of aromatic nitrogens is 1. The van der Waals surface area contributed by atoms with E-state index in [1.807, 2.05) is 36.6 Å². The molecule has 0 radical (unpaired) electrons. The summed E-state index contributed by atoms with van der Waals surface area (Å²) in [6, 6.07) is 7.74. The number of nitrogens with zero attached hydrogens (tertiary/aromatic N) is 1. The van der Waals surface area contributed by atoms with Gasteiger partial charge in [0.1, 0.15) is 10.8 Å². The third kappa shape index (κ3) is 3.32. The molecule has 19 heavy (non-hydrogen) atoms. The Kier molecular flexibility index (Phi) is 4.52. The number of thiazole rings is 1. The molecule has 0 aliphatic carbocycles. The molecule has 0 aliphatic rings. The zero-order valence-electron chi connectivity index (χ0n) is 10.9. The van der Waals surface area contributed by atoms with Crippen LogP contribution in [0.3, 0.4) is 0 Å². The smallest absolute Gasteiger partial charge is 0.312 e. The number of ether oxygens (including phenoxy) is 2. The van der Waals surface area contributed by atoms with Crippen molar-refractivity contribution in [1.82, 2.24) is 4.98 Å². The van der Waals surface area contributed by atoms with Crippen LogP contribution < -0.4 is 4.74 Å². The van der Waals surface area contributed by atoms with Crippen LogP contribution >= 0.6 is 11.3 Å². The lowest BCUT2D eigenvalue weighted by molar-refractivity contribution is -0.139. The second kappa shape index (κ2) is 6.33. The van der Waals surface area contributed by atoms with E-state index in [4.69, 9.17) is 4.74 Å². The van der Waals surface area contributed by atoms with E-state index in [1.54, 1.807) is 0 Å². The van der Waals surface area contributed by atoms with E-state index in [0.29, 0.717) is 6.61 Å². The van der Waals surface area contributed by atoms with Gasteiger partial charge in [-0.2, -0.15) is 0 Å². The minimum Gasteiger partial charge on any atom is -0.493 e. The third-order valence-electron chi connectivity index (χ3n) is 2.54. The van der Waals surface area contributed by atoms with Crippen molar-refractivity contribution in [3.63, 3.8) is 0 Å². The molecule has 0 N–H and O–H groups in total. The van der Waals surface area contributed by atoms with Crippen LogP contribution in [0.5, 0.6) is 5.75 Å². The van der Waals surface area contributed by atoms with Gasteiger partial charge in [0, 0.05) is 10.9 Å². The quantitative estimate of drug-likeness (QED) is 0.788. The van der Waals surface area contributed by atoms with Crippen LogP contribution in [0, 0.1) is 0 Å². The van der Waals surface area contributed by atoms with Crippen LogP contribution in [0.4, 0.5) is 0 Å². The van der Waals surface area contributed by atoms with Crippen molar-refractivity contribution < 1.29 is 14.3 Å². The molecule has 2 rings (SSSR count). The van der Waals surface area contributed by atoms with Gasteiger partial charge in [-0.25, -0.2) is 4.98 Å². The Morgan fingerprint density at radius 2 is 2.16 bits per heavy atom. The molecule has 1 aromatic carbocycles. The fourth-order valence-electron chi connectivity index (χ4n) is 1.67. The summed E-state index contributed by atoms with van der Waals surface area (Å²) < 4.78 is 10.2. The number of para-hydroxylation sites is 1. The molecule has 1 heterocycles. The lowest BCUT2D eigenvalue weighted by Crippen LogP contribution is -2.03. The molecule has 1 aromatic heterocycles. The summed E-state index contributed by atoms with van der Waals surface area (Å²) in [5.41, 5.74) is 1.77. The lowest BCUT2D eigenvalue weighted by Gasteiger charge is -2.07. The van der Waals surface area contributed by atoms with Crippen LogP contribution in [0.1, 0.15) is 11.9 Å². The van der Waals surface area contributed by atoms with Gasteiger partial charge in [0.05, 0.1) is 25.8 Å². The molecule has 0 unspecified atom stereocenters. The molecular weight excluding hydrogens is 262 g/mol. The van der Waals surface area contributed by atoms with Crippen molar-refractivity contribution in [3.8, 4) is 17.0 Å². The zero-order chi connectivity index (χ0) is 13.7. The summed E-state index contributed by atoms with van der Waals surface area (Å²) >= 11 is 1.45. The molecule has 0 spiro atoms. The number of carbonyl (C=O) groups is 1. The van der Waals surface area contributed by atoms with Crippen molar-refractivity contribution in [2.75, 3.05) is 13.7 Å². The van der Waals surface area contributed by atoms with Crippen molar-refractivity contribution in [3.05, 3.63) is 34.7 Å². The van der Waals surface area contributed by atoms with Gasteiger partial charge in [-0.3, -0.25) is 4.79 Å². The summed E-state index contributed by atoms with van der Waals surface area (Å²) in [4.78, 5) is 15.7. The third-order valence-corrected chi connectivity index (χ3v) is 3.39. The van der Waals surface area contributed by atoms with Gasteiger partial charge >= 0.3 is 5.97 Å². The number of methoxy groups -OCH3 is 1. The summed E-state index contributed by atoms with van der Waals surface area (Å²) in [5, 5.41) is 2.67. The minimum atomic E-state index is -0.279. The van der Waals surface area contributed by atoms with E-state index in [0.717, 1.165) is 22.0 Å². The molecule has 0 atom stereocenters. The van der Waals surface area contributed by atoms with Gasteiger partial charge in [0.15, 0.2) is 0 Å². The first-order chi connectivity index (χ1) is 9.24. The molecule has 2 aromatic rings. The maximum atomic E-state index is 11.2. The average Bonchev–Trinajstić information content (AvgIpc) is 2.88. The number of esters is 1. The van der Waals surface area contributed by atoms with Crippen molar-refractivity contribution >= 4 is 17.3 Å². The Morgan fingerprint density at radius 3 is 2.89 bits per heavy atom. The molecule has 4 nitrogen and oxygen atoms in total. The fraction of sp³-hybridized carbons (Fsp3) is 0.286. The van der Waals surface area contributed by atoms with Crippen molar-refractivity contribution in [2.24, 2.45) is 0 Å². The van der Waals surface area contributed by atoms with E-state index >= 15 is 0 Å². The van der Waals surface area contributed by atoms with Crippen LogP contribution in [0.15, 0.2) is 29.6 Å². The maximum Gasteiger partial charge on any atom is 0.312 e. The predicted octanol–water partition coefficient (Wildman–Crippen LogP) is 2.92. The topological polar surface area (TPSA) is 48.4 Å². The highest BCUT2D eigenvalue weighted by molar-refractivity contribution is 7.10. The Balaban J connectivity index is 2.25. The Hall–Kier alpha value is -1.88. The Labute approximate surface area is 116 Å². The summed E-state index contributed by atoms with van der Waals surface area (Å²) in [6.07, 6.45) is 0.206. The molecule has 0 amide bonds. The highest BCUT2D eigenvalue weighted by Gasteiger charge is 2.12. The van der Waals surface area contributed by atoms with Crippen LogP contribution in [0.25, 0.3) is 11.3 Å². The molecule has 0 saturated carbocycles. The van der Waals surface area contributed by atoms with Gasteiger partial charge in [0.2, 0.25) is 0 Å². The SMILES string of the molecule is CCOc1ccccc1-c1csc(CC(=O)OC)n1. The normalized spacial score (nSPS) is 10.2. The van der Waals surface area contributed by atoms with Gasteiger partial charge in [-0.15, -0.1) is 11.3 Å². The maximum absolute atomic E-state index is 11.2. The van der Waals surface area contributed by atoms with Crippen LogP contribution in [-0.2, 0) is 16.0 Å². The molecule has 0 aliphatic heterocycles. The fourth-order valence-corrected chi connectivity index (χ4v) is 2.45. The largest absolute Gasteiger partial charge is 0.493 e. The number of benzene rings is 1. The second-order valence-electron chi connectivity index (χ2n) is 3.81. The Morgan fingerprint density at radius 1 is 1.37 bits per heavy atom. The van der Waals surface area contributed by atoms with Gasteiger partial charge in [-0.05, 0) is 19.1 Å². The minimum absolute atomic E-state index is 0.206. The summed E-state index contributed by atoms with van der Waals surface area (Å²) in [6.45, 7) is 2.55. The molecule has 100 valence electrons. The first-order valence-corrected chi connectivity index (χ1v) is 6.86. The number of carbonyl (C=O) groups excluding carboxylic acids is 1. The van der Waals surface area contributed by atoms with E-state index in [9.17, 15) is 4.79 Å². The van der Waals surface area contributed by atoms with Gasteiger partial charge in [0.25, 0.3) is 0 Å². The van der Waals surface area contributed by atoms with Gasteiger partial charge in [-0.1, -0.05) is 12.1 Å². The average molecular weight is 277 g/mol. The molecule has 5 heteroatoms. The highest BCUT2D eigenvalue weighted by atomic mass is 32.1. The highest BCUT2D eigenvalue weighted by Crippen LogP contribution is 2.30. The Bertz CT molecular complexity index is 565. The van der Waals surface area contributed by atoms with Gasteiger partial charge < -0.3 is 9.47 Å². The van der Waals surface area contributed by atoms with Crippen LogP contribution in [0.2, 0.25) is 0 Å².